The third-order valence-corrected chi connectivity index (χ3v) is 4.03. The molecule has 4 nitrogen and oxygen atoms in total. The minimum absolute atomic E-state index is 0.297. The molecule has 0 bridgehead atoms. The summed E-state index contributed by atoms with van der Waals surface area (Å²) < 4.78 is 2.20. The Morgan fingerprint density at radius 2 is 2.29 bits per heavy atom. The Labute approximate surface area is 101 Å². The molecule has 2 heterocycles. The van der Waals surface area contributed by atoms with E-state index >= 15 is 0 Å². The SMILES string of the molecule is CC1(C)CCCC1n1c(N)nc2cnccc21. The fourth-order valence-corrected chi connectivity index (χ4v) is 3.08. The zero-order valence-electron chi connectivity index (χ0n) is 10.3. The van der Waals surface area contributed by atoms with Crippen LogP contribution in [0.5, 0.6) is 0 Å². The fourth-order valence-electron chi connectivity index (χ4n) is 3.08. The number of aromatic nitrogens is 3. The number of fused-ring (bicyclic) bond motifs is 1. The highest BCUT2D eigenvalue weighted by Crippen LogP contribution is 2.47. The summed E-state index contributed by atoms with van der Waals surface area (Å²) in [6, 6.07) is 2.46. The van der Waals surface area contributed by atoms with Crippen molar-refractivity contribution >= 4 is 17.0 Å². The third-order valence-electron chi connectivity index (χ3n) is 4.03. The highest BCUT2D eigenvalue weighted by Gasteiger charge is 2.37. The van der Waals surface area contributed by atoms with Crippen molar-refractivity contribution in [3.63, 3.8) is 0 Å². The van der Waals surface area contributed by atoms with Gasteiger partial charge in [0.25, 0.3) is 0 Å². The van der Waals surface area contributed by atoms with E-state index in [9.17, 15) is 0 Å². The van der Waals surface area contributed by atoms with E-state index in [1.165, 1.54) is 19.3 Å². The van der Waals surface area contributed by atoms with Gasteiger partial charge in [0.05, 0.1) is 11.7 Å². The van der Waals surface area contributed by atoms with Gasteiger partial charge in [-0.3, -0.25) is 4.98 Å². The Balaban J connectivity index is 2.20. The average Bonchev–Trinajstić information content (AvgIpc) is 2.77. The van der Waals surface area contributed by atoms with Crippen LogP contribution < -0.4 is 5.73 Å². The number of nitrogen functional groups attached to an aromatic ring is 1. The summed E-state index contributed by atoms with van der Waals surface area (Å²) in [4.78, 5) is 8.50. The average molecular weight is 230 g/mol. The molecule has 1 fully saturated rings. The molecule has 4 heteroatoms. The number of rotatable bonds is 1. The maximum Gasteiger partial charge on any atom is 0.201 e. The molecular weight excluding hydrogens is 212 g/mol. The predicted molar refractivity (Wildman–Crippen MR) is 68.6 cm³/mol. The van der Waals surface area contributed by atoms with Crippen molar-refractivity contribution in [2.24, 2.45) is 5.41 Å². The van der Waals surface area contributed by atoms with Crippen molar-refractivity contribution in [1.82, 2.24) is 14.5 Å². The summed E-state index contributed by atoms with van der Waals surface area (Å²) in [6.07, 6.45) is 7.29. The van der Waals surface area contributed by atoms with Crippen molar-refractivity contribution in [2.45, 2.75) is 39.2 Å². The molecule has 1 saturated carbocycles. The van der Waals surface area contributed by atoms with Crippen LogP contribution in [0.3, 0.4) is 0 Å². The normalized spacial score (nSPS) is 23.3. The lowest BCUT2D eigenvalue weighted by Gasteiger charge is -2.29. The summed E-state index contributed by atoms with van der Waals surface area (Å²) in [5.41, 5.74) is 8.38. The Bertz CT molecular complexity index is 556. The van der Waals surface area contributed by atoms with E-state index in [-0.39, 0.29) is 0 Å². The molecule has 90 valence electrons. The molecule has 0 spiro atoms. The Hall–Kier alpha value is -1.58. The largest absolute Gasteiger partial charge is 0.369 e. The number of anilines is 1. The molecule has 0 amide bonds. The number of hydrogen-bond donors (Lipinski definition) is 1. The van der Waals surface area contributed by atoms with Crippen molar-refractivity contribution in [1.29, 1.82) is 0 Å². The molecule has 3 rings (SSSR count). The molecule has 0 aliphatic heterocycles. The summed E-state index contributed by atoms with van der Waals surface area (Å²) in [7, 11) is 0. The smallest absolute Gasteiger partial charge is 0.201 e. The molecule has 0 radical (unpaired) electrons. The predicted octanol–water partition coefficient (Wildman–Crippen LogP) is 2.76. The molecule has 1 aliphatic rings. The Morgan fingerprint density at radius 3 is 3.00 bits per heavy atom. The van der Waals surface area contributed by atoms with E-state index in [4.69, 9.17) is 5.73 Å². The van der Waals surface area contributed by atoms with Gasteiger partial charge in [-0.25, -0.2) is 4.98 Å². The quantitative estimate of drug-likeness (QED) is 0.819. The first-order chi connectivity index (χ1) is 8.09. The number of hydrogen-bond acceptors (Lipinski definition) is 3. The van der Waals surface area contributed by atoms with Crippen molar-refractivity contribution in [3.05, 3.63) is 18.5 Å². The zero-order valence-corrected chi connectivity index (χ0v) is 10.3. The topological polar surface area (TPSA) is 56.7 Å². The maximum absolute atomic E-state index is 6.08. The molecule has 2 N–H and O–H groups in total. The number of pyridine rings is 1. The van der Waals surface area contributed by atoms with E-state index < -0.39 is 0 Å². The van der Waals surface area contributed by atoms with E-state index in [1.807, 2.05) is 12.3 Å². The number of nitrogens with zero attached hydrogens (tertiary/aromatic N) is 3. The molecule has 1 atom stereocenters. The van der Waals surface area contributed by atoms with Gasteiger partial charge in [-0.2, -0.15) is 0 Å². The van der Waals surface area contributed by atoms with Gasteiger partial charge in [-0.05, 0) is 24.3 Å². The Morgan fingerprint density at radius 1 is 1.47 bits per heavy atom. The van der Waals surface area contributed by atoms with Gasteiger partial charge in [0.1, 0.15) is 5.52 Å². The molecule has 0 saturated heterocycles. The molecule has 0 aromatic carbocycles. The van der Waals surface area contributed by atoms with Crippen LogP contribution in [0.25, 0.3) is 11.0 Å². The Kier molecular flexibility index (Phi) is 2.15. The highest BCUT2D eigenvalue weighted by molar-refractivity contribution is 5.77. The van der Waals surface area contributed by atoms with Gasteiger partial charge >= 0.3 is 0 Å². The first kappa shape index (κ1) is 10.6. The van der Waals surface area contributed by atoms with Crippen LogP contribution in [0.15, 0.2) is 18.5 Å². The van der Waals surface area contributed by atoms with Crippen LogP contribution in [0.2, 0.25) is 0 Å². The second-order valence-electron chi connectivity index (χ2n) is 5.60. The molecule has 17 heavy (non-hydrogen) atoms. The minimum Gasteiger partial charge on any atom is -0.369 e. The lowest BCUT2D eigenvalue weighted by atomic mass is 9.87. The second kappa shape index (κ2) is 3.45. The van der Waals surface area contributed by atoms with E-state index in [0.717, 1.165) is 11.0 Å². The van der Waals surface area contributed by atoms with Crippen molar-refractivity contribution in [2.75, 3.05) is 5.73 Å². The summed E-state index contributed by atoms with van der Waals surface area (Å²) >= 11 is 0. The first-order valence-electron chi connectivity index (χ1n) is 6.17. The lowest BCUT2D eigenvalue weighted by Crippen LogP contribution is -2.22. The molecular formula is C13H18N4. The zero-order chi connectivity index (χ0) is 12.0. The van der Waals surface area contributed by atoms with E-state index in [0.29, 0.717) is 17.4 Å². The van der Waals surface area contributed by atoms with Crippen molar-refractivity contribution < 1.29 is 0 Å². The van der Waals surface area contributed by atoms with Gasteiger partial charge in [-0.15, -0.1) is 0 Å². The van der Waals surface area contributed by atoms with E-state index in [1.54, 1.807) is 6.20 Å². The number of imidazole rings is 1. The highest BCUT2D eigenvalue weighted by atomic mass is 15.2. The van der Waals surface area contributed by atoms with Crippen LogP contribution in [-0.4, -0.2) is 14.5 Å². The van der Waals surface area contributed by atoms with Crippen LogP contribution >= 0.6 is 0 Å². The lowest BCUT2D eigenvalue weighted by molar-refractivity contribution is 0.268. The molecule has 2 aromatic rings. The first-order valence-corrected chi connectivity index (χ1v) is 6.17. The third kappa shape index (κ3) is 1.51. The molecule has 2 aromatic heterocycles. The maximum atomic E-state index is 6.08. The van der Waals surface area contributed by atoms with Gasteiger partial charge in [0.15, 0.2) is 0 Å². The van der Waals surface area contributed by atoms with E-state index in [2.05, 4.69) is 28.4 Å². The van der Waals surface area contributed by atoms with Gasteiger partial charge in [0, 0.05) is 12.2 Å². The summed E-state index contributed by atoms with van der Waals surface area (Å²) in [6.45, 7) is 4.63. The van der Waals surface area contributed by atoms with Crippen molar-refractivity contribution in [3.8, 4) is 0 Å². The summed E-state index contributed by atoms with van der Waals surface area (Å²) in [5.74, 6) is 0.618. The van der Waals surface area contributed by atoms with Crippen LogP contribution in [-0.2, 0) is 0 Å². The van der Waals surface area contributed by atoms with Crippen LogP contribution in [0.1, 0.15) is 39.2 Å². The standard InChI is InChI=1S/C13H18N4/c1-13(2)6-3-4-11(13)17-10-5-7-15-8-9(10)16-12(17)14/h5,7-8,11H,3-4,6H2,1-2H3,(H2,14,16). The molecule has 1 unspecified atom stereocenters. The minimum atomic E-state index is 0.297. The van der Waals surface area contributed by atoms with Gasteiger partial charge in [0.2, 0.25) is 5.95 Å². The van der Waals surface area contributed by atoms with Gasteiger partial charge < -0.3 is 10.3 Å². The number of nitrogens with two attached hydrogens (primary N) is 1. The van der Waals surface area contributed by atoms with Crippen LogP contribution in [0.4, 0.5) is 5.95 Å². The molecule has 1 aliphatic carbocycles. The fraction of sp³-hybridized carbons (Fsp3) is 0.538. The second-order valence-corrected chi connectivity index (χ2v) is 5.60. The monoisotopic (exact) mass is 230 g/mol. The van der Waals surface area contributed by atoms with Gasteiger partial charge in [-0.1, -0.05) is 20.3 Å². The van der Waals surface area contributed by atoms with Crippen LogP contribution in [0, 0.1) is 5.41 Å². The summed E-state index contributed by atoms with van der Waals surface area (Å²) in [5, 5.41) is 0.